The second kappa shape index (κ2) is 8.71. The number of hydrogen-bond donors (Lipinski definition) is 0. The van der Waals surface area contributed by atoms with Gasteiger partial charge in [0.1, 0.15) is 11.6 Å². The lowest BCUT2D eigenvalue weighted by Gasteiger charge is -2.28. The molecular formula is C30H34N4O. The summed E-state index contributed by atoms with van der Waals surface area (Å²) in [4.78, 5) is 7.83. The van der Waals surface area contributed by atoms with Gasteiger partial charge in [0, 0.05) is 29.9 Å². The molecule has 0 amide bonds. The highest BCUT2D eigenvalue weighted by Gasteiger charge is 2.31. The summed E-state index contributed by atoms with van der Waals surface area (Å²) in [5.74, 6) is 2.92. The number of nitrogens with zero attached hydrogens (tertiary/aromatic N) is 4. The number of fused-ring (bicyclic) bond motifs is 2. The molecule has 0 radical (unpaired) electrons. The summed E-state index contributed by atoms with van der Waals surface area (Å²) in [6.07, 6.45) is 5.95. The maximum absolute atomic E-state index is 5.46. The third-order valence-corrected chi connectivity index (χ3v) is 7.61. The summed E-state index contributed by atoms with van der Waals surface area (Å²) in [7, 11) is 1.72. The molecule has 5 nitrogen and oxygen atoms in total. The highest BCUT2D eigenvalue weighted by Crippen LogP contribution is 2.40. The van der Waals surface area contributed by atoms with Gasteiger partial charge in [-0.2, -0.15) is 9.61 Å². The molecule has 6 rings (SSSR count). The maximum atomic E-state index is 5.46. The van der Waals surface area contributed by atoms with Crippen LogP contribution in [-0.4, -0.2) is 28.3 Å². The molecule has 2 aliphatic carbocycles. The van der Waals surface area contributed by atoms with E-state index in [4.69, 9.17) is 14.8 Å². The van der Waals surface area contributed by atoms with Crippen molar-refractivity contribution in [2.75, 3.05) is 18.6 Å². The average molecular weight is 467 g/mol. The van der Waals surface area contributed by atoms with Crippen LogP contribution in [-0.2, 0) is 19.4 Å². The van der Waals surface area contributed by atoms with Crippen molar-refractivity contribution in [3.63, 3.8) is 0 Å². The Morgan fingerprint density at radius 1 is 1.03 bits per heavy atom. The quantitative estimate of drug-likeness (QED) is 0.324. The van der Waals surface area contributed by atoms with Gasteiger partial charge in [0.2, 0.25) is 0 Å². The zero-order chi connectivity index (χ0) is 24.1. The van der Waals surface area contributed by atoms with Gasteiger partial charge in [-0.3, -0.25) is 0 Å². The topological polar surface area (TPSA) is 42.7 Å². The molecule has 180 valence electrons. The molecule has 2 aromatic carbocycles. The van der Waals surface area contributed by atoms with Crippen LogP contribution in [0.2, 0.25) is 0 Å². The molecule has 0 saturated heterocycles. The minimum absolute atomic E-state index is 0.778. The molecule has 4 aromatic rings. The molecule has 0 aliphatic heterocycles. The fraction of sp³-hybridized carbons (Fsp3) is 0.400. The van der Waals surface area contributed by atoms with Crippen molar-refractivity contribution in [1.82, 2.24) is 14.6 Å². The van der Waals surface area contributed by atoms with Crippen LogP contribution >= 0.6 is 0 Å². The van der Waals surface area contributed by atoms with E-state index in [-0.39, 0.29) is 0 Å². The third kappa shape index (κ3) is 4.07. The molecule has 2 aromatic heterocycles. The van der Waals surface area contributed by atoms with Crippen LogP contribution in [0.1, 0.15) is 52.9 Å². The first-order valence-corrected chi connectivity index (χ1v) is 12.9. The zero-order valence-corrected chi connectivity index (χ0v) is 21.3. The molecule has 0 atom stereocenters. The number of ether oxygens (including phenoxy) is 1. The van der Waals surface area contributed by atoms with E-state index in [2.05, 4.69) is 66.6 Å². The van der Waals surface area contributed by atoms with E-state index in [1.165, 1.54) is 58.6 Å². The normalized spacial score (nSPS) is 15.0. The van der Waals surface area contributed by atoms with Gasteiger partial charge in [-0.05, 0) is 87.6 Å². The molecule has 0 unspecified atom stereocenters. The van der Waals surface area contributed by atoms with Crippen molar-refractivity contribution >= 4 is 11.5 Å². The van der Waals surface area contributed by atoms with E-state index in [1.54, 1.807) is 7.11 Å². The van der Waals surface area contributed by atoms with Gasteiger partial charge in [0.05, 0.1) is 12.8 Å². The van der Waals surface area contributed by atoms with E-state index in [0.29, 0.717) is 0 Å². The molecule has 0 bridgehead atoms. The Bertz CT molecular complexity index is 1400. The van der Waals surface area contributed by atoms with Gasteiger partial charge in [0.15, 0.2) is 5.65 Å². The van der Waals surface area contributed by atoms with Crippen molar-refractivity contribution in [2.45, 2.75) is 59.4 Å². The molecule has 35 heavy (non-hydrogen) atoms. The van der Waals surface area contributed by atoms with Crippen LogP contribution in [0.5, 0.6) is 5.75 Å². The van der Waals surface area contributed by atoms with Crippen molar-refractivity contribution in [2.24, 2.45) is 5.92 Å². The first-order valence-electron chi connectivity index (χ1n) is 12.9. The predicted molar refractivity (Wildman–Crippen MR) is 141 cm³/mol. The van der Waals surface area contributed by atoms with Gasteiger partial charge >= 0.3 is 0 Å². The summed E-state index contributed by atoms with van der Waals surface area (Å²) >= 11 is 0. The Hall–Kier alpha value is -3.34. The monoisotopic (exact) mass is 466 g/mol. The molecule has 0 N–H and O–H groups in total. The highest BCUT2D eigenvalue weighted by molar-refractivity contribution is 5.83. The molecule has 5 heteroatoms. The second-order valence-electron chi connectivity index (χ2n) is 10.4. The van der Waals surface area contributed by atoms with Crippen molar-refractivity contribution in [3.05, 3.63) is 76.1 Å². The lowest BCUT2D eigenvalue weighted by molar-refractivity contribution is 0.414. The molecule has 1 fully saturated rings. The van der Waals surface area contributed by atoms with Crippen molar-refractivity contribution in [1.29, 1.82) is 0 Å². The van der Waals surface area contributed by atoms with E-state index in [9.17, 15) is 0 Å². The minimum atomic E-state index is 0.778. The molecular weight excluding hydrogens is 432 g/mol. The Labute approximate surface area is 207 Å². The lowest BCUT2D eigenvalue weighted by atomic mass is 10.0. The number of methoxy groups -OCH3 is 1. The maximum Gasteiger partial charge on any atom is 0.165 e. The van der Waals surface area contributed by atoms with E-state index in [1.807, 2.05) is 6.07 Å². The SMILES string of the molecule is COc1ccc(-c2c(C)nn3c(N(Cc4ccc(C)cc4)CC4CC4)c4c(nc23)CCC4)c(C)c1. The van der Waals surface area contributed by atoms with Gasteiger partial charge in [0.25, 0.3) is 0 Å². The Kier molecular flexibility index (Phi) is 5.51. The summed E-state index contributed by atoms with van der Waals surface area (Å²) in [6, 6.07) is 15.3. The smallest absolute Gasteiger partial charge is 0.165 e. The fourth-order valence-corrected chi connectivity index (χ4v) is 5.55. The van der Waals surface area contributed by atoms with Crippen LogP contribution in [0, 0.1) is 26.7 Å². The van der Waals surface area contributed by atoms with Crippen LogP contribution in [0.3, 0.4) is 0 Å². The lowest BCUT2D eigenvalue weighted by Crippen LogP contribution is -2.29. The van der Waals surface area contributed by atoms with E-state index in [0.717, 1.165) is 54.5 Å². The Morgan fingerprint density at radius 2 is 1.83 bits per heavy atom. The molecule has 2 heterocycles. The third-order valence-electron chi connectivity index (χ3n) is 7.61. The number of rotatable bonds is 7. The molecule has 1 saturated carbocycles. The number of benzene rings is 2. The first-order chi connectivity index (χ1) is 17.0. The van der Waals surface area contributed by atoms with Gasteiger partial charge in [-0.1, -0.05) is 35.9 Å². The summed E-state index contributed by atoms with van der Waals surface area (Å²) in [5, 5.41) is 5.14. The van der Waals surface area contributed by atoms with Crippen molar-refractivity contribution < 1.29 is 4.74 Å². The van der Waals surface area contributed by atoms with Gasteiger partial charge in [-0.25, -0.2) is 4.98 Å². The number of aromatic nitrogens is 3. The summed E-state index contributed by atoms with van der Waals surface area (Å²) in [5.41, 5.74) is 10.8. The van der Waals surface area contributed by atoms with Gasteiger partial charge < -0.3 is 9.64 Å². The molecule has 2 aliphatic rings. The summed E-state index contributed by atoms with van der Waals surface area (Å²) < 4.78 is 7.62. The number of anilines is 1. The standard InChI is InChI=1S/C30H34N4O/c1-19-8-10-22(11-9-19)17-33(18-23-12-13-23)30-26-6-5-7-27(26)31-29-28(21(3)32-34(29)30)25-15-14-24(35-4)16-20(25)2/h8-11,14-16,23H,5-7,12-13,17-18H2,1-4H3. The summed E-state index contributed by atoms with van der Waals surface area (Å²) in [6.45, 7) is 8.40. The highest BCUT2D eigenvalue weighted by atomic mass is 16.5. The van der Waals surface area contributed by atoms with E-state index < -0.39 is 0 Å². The second-order valence-corrected chi connectivity index (χ2v) is 10.4. The first kappa shape index (κ1) is 22.1. The number of hydrogen-bond acceptors (Lipinski definition) is 4. The van der Waals surface area contributed by atoms with Gasteiger partial charge in [-0.15, -0.1) is 0 Å². The molecule has 0 spiro atoms. The van der Waals surface area contributed by atoms with Crippen molar-refractivity contribution in [3.8, 4) is 16.9 Å². The van der Waals surface area contributed by atoms with E-state index >= 15 is 0 Å². The van der Waals surface area contributed by atoms with Crippen LogP contribution < -0.4 is 9.64 Å². The van der Waals surface area contributed by atoms with Crippen LogP contribution in [0.4, 0.5) is 5.82 Å². The largest absolute Gasteiger partial charge is 0.497 e. The number of aryl methyl sites for hydroxylation is 4. The fourth-order valence-electron chi connectivity index (χ4n) is 5.55. The average Bonchev–Trinajstić information content (AvgIpc) is 3.44. The predicted octanol–water partition coefficient (Wildman–Crippen LogP) is 6.24. The van der Waals surface area contributed by atoms with Crippen LogP contribution in [0.15, 0.2) is 42.5 Å². The Balaban J connectivity index is 1.53. The Morgan fingerprint density at radius 3 is 2.54 bits per heavy atom. The zero-order valence-electron chi connectivity index (χ0n) is 21.3. The van der Waals surface area contributed by atoms with Crippen LogP contribution in [0.25, 0.3) is 16.8 Å². The minimum Gasteiger partial charge on any atom is -0.497 e.